The van der Waals surface area contributed by atoms with Gasteiger partial charge in [0.15, 0.2) is 0 Å². The lowest BCUT2D eigenvalue weighted by Gasteiger charge is -2.24. The van der Waals surface area contributed by atoms with Crippen LogP contribution >= 0.6 is 11.8 Å². The third-order valence-electron chi connectivity index (χ3n) is 4.14. The van der Waals surface area contributed by atoms with Gasteiger partial charge in [-0.2, -0.15) is 11.8 Å². The number of nitrogens with one attached hydrogen (secondary N) is 3. The highest BCUT2D eigenvalue weighted by Gasteiger charge is 2.30. The maximum absolute atomic E-state index is 12.7. The second-order valence-corrected chi connectivity index (χ2v) is 8.38. The molecule has 0 aliphatic heterocycles. The van der Waals surface area contributed by atoms with Crippen molar-refractivity contribution in [3.05, 3.63) is 0 Å². The molecule has 4 atom stereocenters. The van der Waals surface area contributed by atoms with Crippen molar-refractivity contribution in [1.29, 1.82) is 0 Å². The lowest BCUT2D eigenvalue weighted by atomic mass is 10.0. The number of amides is 4. The van der Waals surface area contributed by atoms with Crippen molar-refractivity contribution in [2.45, 2.75) is 57.3 Å². The Morgan fingerprint density at radius 3 is 1.90 bits per heavy atom. The van der Waals surface area contributed by atoms with E-state index in [1.165, 1.54) is 11.8 Å². The van der Waals surface area contributed by atoms with Gasteiger partial charge in [0.05, 0.1) is 19.1 Å². The van der Waals surface area contributed by atoms with Crippen molar-refractivity contribution in [2.75, 3.05) is 18.6 Å². The van der Waals surface area contributed by atoms with E-state index in [-0.39, 0.29) is 12.3 Å². The first-order valence-corrected chi connectivity index (χ1v) is 11.1. The molecule has 0 aliphatic carbocycles. The highest BCUT2D eigenvalue weighted by Crippen LogP contribution is 2.06. The summed E-state index contributed by atoms with van der Waals surface area (Å²) in [6, 6.07) is -4.97. The number of aliphatic hydroxyl groups is 1. The van der Waals surface area contributed by atoms with Crippen molar-refractivity contribution in [1.82, 2.24) is 16.0 Å². The Labute approximate surface area is 185 Å². The second-order valence-electron chi connectivity index (χ2n) is 7.39. The molecule has 4 amide bonds. The summed E-state index contributed by atoms with van der Waals surface area (Å²) < 4.78 is 0. The summed E-state index contributed by atoms with van der Waals surface area (Å²) in [7, 11) is 0. The van der Waals surface area contributed by atoms with Crippen LogP contribution in [0.15, 0.2) is 0 Å². The van der Waals surface area contributed by atoms with E-state index in [1.807, 2.05) is 13.8 Å². The van der Waals surface area contributed by atoms with Gasteiger partial charge in [-0.15, -0.1) is 0 Å². The molecular weight excluding hydrogens is 430 g/mol. The summed E-state index contributed by atoms with van der Waals surface area (Å²) in [5, 5.41) is 25.0. The number of rotatable bonds is 15. The Bertz CT molecular complexity index is 647. The van der Waals surface area contributed by atoms with E-state index in [1.54, 1.807) is 6.26 Å². The quantitative estimate of drug-likeness (QED) is 0.137. The fraction of sp³-hybridized carbons (Fsp3) is 0.722. The molecule has 4 unspecified atom stereocenters. The van der Waals surface area contributed by atoms with E-state index >= 15 is 0 Å². The minimum absolute atomic E-state index is 0.123. The average Bonchev–Trinajstić information content (AvgIpc) is 2.66. The first-order valence-electron chi connectivity index (χ1n) is 9.70. The largest absolute Gasteiger partial charge is 0.480 e. The van der Waals surface area contributed by atoms with Crippen molar-refractivity contribution in [3.63, 3.8) is 0 Å². The number of primary amides is 1. The van der Waals surface area contributed by atoms with E-state index in [2.05, 4.69) is 16.0 Å². The molecule has 0 radical (unpaired) electrons. The minimum Gasteiger partial charge on any atom is -0.480 e. The van der Waals surface area contributed by atoms with Crippen LogP contribution in [0.5, 0.6) is 0 Å². The van der Waals surface area contributed by atoms with Gasteiger partial charge in [0, 0.05) is 0 Å². The predicted octanol–water partition coefficient (Wildman–Crippen LogP) is -2.48. The van der Waals surface area contributed by atoms with Gasteiger partial charge >= 0.3 is 5.97 Å². The maximum atomic E-state index is 12.7. The molecule has 12 nitrogen and oxygen atoms in total. The number of aliphatic carboxylic acids is 1. The van der Waals surface area contributed by atoms with Crippen molar-refractivity contribution >= 4 is 41.4 Å². The molecule has 31 heavy (non-hydrogen) atoms. The van der Waals surface area contributed by atoms with Crippen LogP contribution in [0.3, 0.4) is 0 Å². The SMILES string of the molecule is CSCCC(NC(=O)C(CC(N)=O)NC(=O)C(N)CC(C)C)C(=O)NC(CO)C(=O)O. The summed E-state index contributed by atoms with van der Waals surface area (Å²) in [5.74, 6) is -4.05. The molecule has 9 N–H and O–H groups in total. The molecule has 0 aromatic carbocycles. The fourth-order valence-electron chi connectivity index (χ4n) is 2.54. The van der Waals surface area contributed by atoms with Crippen LogP contribution in [0.1, 0.15) is 33.1 Å². The lowest BCUT2D eigenvalue weighted by Crippen LogP contribution is -2.58. The van der Waals surface area contributed by atoms with E-state index in [9.17, 15) is 24.0 Å². The number of hydrogen-bond acceptors (Lipinski definition) is 8. The number of aliphatic hydroxyl groups excluding tert-OH is 1. The number of carbonyl (C=O) groups is 5. The summed E-state index contributed by atoms with van der Waals surface area (Å²) in [5.41, 5.74) is 11.0. The summed E-state index contributed by atoms with van der Waals surface area (Å²) in [6.45, 7) is 2.90. The van der Waals surface area contributed by atoms with Crippen LogP contribution in [0, 0.1) is 5.92 Å². The highest BCUT2D eigenvalue weighted by molar-refractivity contribution is 7.98. The molecular formula is C18H33N5O7S. The number of carbonyl (C=O) groups excluding carboxylic acids is 4. The Hall–Kier alpha value is -2.38. The number of thioether (sulfide) groups is 1. The van der Waals surface area contributed by atoms with Crippen LogP contribution in [0.25, 0.3) is 0 Å². The van der Waals surface area contributed by atoms with Crippen LogP contribution in [0.4, 0.5) is 0 Å². The van der Waals surface area contributed by atoms with Gasteiger partial charge in [0.25, 0.3) is 0 Å². The first-order chi connectivity index (χ1) is 14.4. The molecule has 178 valence electrons. The van der Waals surface area contributed by atoms with E-state index < -0.39 is 66.8 Å². The molecule has 0 saturated heterocycles. The molecule has 0 aromatic heterocycles. The number of nitrogens with two attached hydrogens (primary N) is 2. The van der Waals surface area contributed by atoms with E-state index in [0.29, 0.717) is 12.2 Å². The molecule has 0 heterocycles. The number of carboxylic acids is 1. The molecule has 13 heteroatoms. The molecule has 0 saturated carbocycles. The third kappa shape index (κ3) is 11.5. The van der Waals surface area contributed by atoms with Gasteiger partial charge in [0.1, 0.15) is 18.1 Å². The zero-order valence-electron chi connectivity index (χ0n) is 17.9. The van der Waals surface area contributed by atoms with Crippen LogP contribution in [-0.2, 0) is 24.0 Å². The Balaban J connectivity index is 5.38. The zero-order valence-corrected chi connectivity index (χ0v) is 18.7. The van der Waals surface area contributed by atoms with Gasteiger partial charge in [-0.1, -0.05) is 13.8 Å². The van der Waals surface area contributed by atoms with Crippen LogP contribution in [-0.4, -0.2) is 82.6 Å². The number of carboxylic acid groups (broad SMARTS) is 1. The van der Waals surface area contributed by atoms with Crippen LogP contribution in [0.2, 0.25) is 0 Å². The summed E-state index contributed by atoms with van der Waals surface area (Å²) in [4.78, 5) is 59.8. The Morgan fingerprint density at radius 1 is 0.935 bits per heavy atom. The van der Waals surface area contributed by atoms with Gasteiger partial charge in [-0.25, -0.2) is 4.79 Å². The fourth-order valence-corrected chi connectivity index (χ4v) is 3.01. The summed E-state index contributed by atoms with van der Waals surface area (Å²) in [6.07, 6.45) is 1.75. The van der Waals surface area contributed by atoms with Gasteiger partial charge in [-0.05, 0) is 30.8 Å². The molecule has 0 bridgehead atoms. The minimum atomic E-state index is -1.55. The second kappa shape index (κ2) is 14.6. The topological polar surface area (TPSA) is 214 Å². The number of hydrogen-bond donors (Lipinski definition) is 7. The van der Waals surface area contributed by atoms with Crippen molar-refractivity contribution in [3.8, 4) is 0 Å². The zero-order chi connectivity index (χ0) is 24.1. The third-order valence-corrected chi connectivity index (χ3v) is 4.79. The lowest BCUT2D eigenvalue weighted by molar-refractivity contribution is -0.143. The van der Waals surface area contributed by atoms with E-state index in [0.717, 1.165) is 0 Å². The predicted molar refractivity (Wildman–Crippen MR) is 115 cm³/mol. The smallest absolute Gasteiger partial charge is 0.328 e. The summed E-state index contributed by atoms with van der Waals surface area (Å²) >= 11 is 1.39. The van der Waals surface area contributed by atoms with E-state index in [4.69, 9.17) is 21.7 Å². The molecule has 0 fully saturated rings. The van der Waals surface area contributed by atoms with Gasteiger partial charge in [-0.3, -0.25) is 19.2 Å². The molecule has 0 spiro atoms. The Kier molecular flexibility index (Phi) is 13.5. The Morgan fingerprint density at radius 2 is 1.45 bits per heavy atom. The monoisotopic (exact) mass is 463 g/mol. The van der Waals surface area contributed by atoms with Crippen molar-refractivity contribution < 1.29 is 34.2 Å². The van der Waals surface area contributed by atoms with Gasteiger partial charge in [0.2, 0.25) is 23.6 Å². The highest BCUT2D eigenvalue weighted by atomic mass is 32.2. The molecule has 0 aromatic rings. The molecule has 0 rings (SSSR count). The van der Waals surface area contributed by atoms with Gasteiger partial charge < -0.3 is 37.6 Å². The van der Waals surface area contributed by atoms with Crippen molar-refractivity contribution in [2.24, 2.45) is 17.4 Å². The maximum Gasteiger partial charge on any atom is 0.328 e. The average molecular weight is 464 g/mol. The molecule has 0 aliphatic rings. The standard InChI is InChI=1S/C18H33N5O7S/c1-9(2)6-10(19)15(26)22-12(7-14(20)25)17(28)21-11(4-5-31-3)16(27)23-13(8-24)18(29)30/h9-13,24H,4-8,19H2,1-3H3,(H2,20,25)(H,21,28)(H,22,26)(H,23,27)(H,29,30). The van der Waals surface area contributed by atoms with Crippen LogP contribution < -0.4 is 27.4 Å². The first kappa shape index (κ1) is 28.6. The normalized spacial score (nSPS) is 14.8.